The Bertz CT molecular complexity index is 558. The van der Waals surface area contributed by atoms with Gasteiger partial charge in [-0.1, -0.05) is 6.07 Å². The summed E-state index contributed by atoms with van der Waals surface area (Å²) in [6.07, 6.45) is 2.10. The highest BCUT2D eigenvalue weighted by molar-refractivity contribution is 14.1. The average molecular weight is 371 g/mol. The summed E-state index contributed by atoms with van der Waals surface area (Å²) >= 11 is 2.10. The molecule has 2 aliphatic heterocycles. The van der Waals surface area contributed by atoms with Gasteiger partial charge in [0, 0.05) is 3.57 Å². The lowest BCUT2D eigenvalue weighted by Crippen LogP contribution is -2.37. The van der Waals surface area contributed by atoms with Crippen molar-refractivity contribution >= 4 is 34.4 Å². The maximum Gasteiger partial charge on any atom is 0.262 e. The first-order valence-electron chi connectivity index (χ1n) is 6.38. The number of hydrogen-bond acceptors (Lipinski definition) is 3. The quantitative estimate of drug-likeness (QED) is 0.593. The van der Waals surface area contributed by atoms with E-state index in [4.69, 9.17) is 4.74 Å². The fourth-order valence-corrected chi connectivity index (χ4v) is 3.41. The Balaban J connectivity index is 1.84. The van der Waals surface area contributed by atoms with E-state index in [1.165, 1.54) is 4.90 Å². The van der Waals surface area contributed by atoms with Gasteiger partial charge < -0.3 is 4.74 Å². The lowest BCUT2D eigenvalue weighted by Gasteiger charge is -2.18. The number of benzene rings is 1. The van der Waals surface area contributed by atoms with Crippen LogP contribution in [0.25, 0.3) is 0 Å². The second-order valence-electron chi connectivity index (χ2n) is 5.03. The molecule has 0 N–H and O–H groups in total. The zero-order valence-electron chi connectivity index (χ0n) is 10.6. The fraction of sp³-hybridized carbons (Fsp3) is 0.429. The van der Waals surface area contributed by atoms with E-state index < -0.39 is 0 Å². The van der Waals surface area contributed by atoms with E-state index in [0.29, 0.717) is 17.7 Å². The van der Waals surface area contributed by atoms with E-state index in [1.54, 1.807) is 6.07 Å². The Kier molecular flexibility index (Phi) is 3.34. The number of carbonyl (C=O) groups is 2. The molecule has 1 saturated heterocycles. The highest BCUT2D eigenvalue weighted by Gasteiger charge is 2.39. The molecule has 2 heterocycles. The molecule has 100 valence electrons. The van der Waals surface area contributed by atoms with Gasteiger partial charge >= 0.3 is 0 Å². The van der Waals surface area contributed by atoms with E-state index in [0.717, 1.165) is 16.4 Å². The third-order valence-electron chi connectivity index (χ3n) is 3.65. The summed E-state index contributed by atoms with van der Waals surface area (Å²) < 4.78 is 6.53. The van der Waals surface area contributed by atoms with Crippen LogP contribution in [0.5, 0.6) is 0 Å². The van der Waals surface area contributed by atoms with Crippen LogP contribution < -0.4 is 0 Å². The molecule has 0 aliphatic carbocycles. The molecule has 2 unspecified atom stereocenters. The summed E-state index contributed by atoms with van der Waals surface area (Å²) in [4.78, 5) is 25.9. The van der Waals surface area contributed by atoms with Crippen LogP contribution >= 0.6 is 22.6 Å². The summed E-state index contributed by atoms with van der Waals surface area (Å²) in [6, 6.07) is 5.38. The second kappa shape index (κ2) is 4.86. The van der Waals surface area contributed by atoms with Crippen LogP contribution in [-0.2, 0) is 4.74 Å². The van der Waals surface area contributed by atoms with E-state index in [-0.39, 0.29) is 24.0 Å². The topological polar surface area (TPSA) is 46.6 Å². The number of halogens is 1. The van der Waals surface area contributed by atoms with Crippen LogP contribution in [-0.4, -0.2) is 35.5 Å². The van der Waals surface area contributed by atoms with Crippen molar-refractivity contribution in [3.05, 3.63) is 32.9 Å². The average Bonchev–Trinajstić information content (AvgIpc) is 2.88. The maximum absolute atomic E-state index is 12.3. The van der Waals surface area contributed by atoms with Crippen molar-refractivity contribution in [1.29, 1.82) is 0 Å². The monoisotopic (exact) mass is 371 g/mol. The van der Waals surface area contributed by atoms with Crippen molar-refractivity contribution in [3.63, 3.8) is 0 Å². The molecule has 4 nitrogen and oxygen atoms in total. The predicted octanol–water partition coefficient (Wildman–Crippen LogP) is 2.45. The Hall–Kier alpha value is -0.950. The van der Waals surface area contributed by atoms with Crippen molar-refractivity contribution in [1.82, 2.24) is 4.90 Å². The number of fused-ring (bicyclic) bond motifs is 1. The van der Waals surface area contributed by atoms with Crippen LogP contribution in [0.4, 0.5) is 0 Å². The summed E-state index contributed by atoms with van der Waals surface area (Å²) in [5, 5.41) is 0. The molecular weight excluding hydrogens is 357 g/mol. The number of rotatable bonds is 2. The van der Waals surface area contributed by atoms with Crippen molar-refractivity contribution in [2.24, 2.45) is 0 Å². The zero-order chi connectivity index (χ0) is 13.6. The van der Waals surface area contributed by atoms with Crippen molar-refractivity contribution in [2.45, 2.75) is 32.0 Å². The molecule has 19 heavy (non-hydrogen) atoms. The molecule has 1 fully saturated rings. The first-order valence-corrected chi connectivity index (χ1v) is 7.46. The van der Waals surface area contributed by atoms with Gasteiger partial charge in [0.1, 0.15) is 0 Å². The second-order valence-corrected chi connectivity index (χ2v) is 6.19. The number of amides is 2. The van der Waals surface area contributed by atoms with E-state index >= 15 is 0 Å². The lowest BCUT2D eigenvalue weighted by molar-refractivity contribution is 0.0282. The van der Waals surface area contributed by atoms with Crippen molar-refractivity contribution in [3.8, 4) is 0 Å². The molecule has 1 aromatic rings. The minimum absolute atomic E-state index is 0.0186. The molecule has 2 aliphatic rings. The van der Waals surface area contributed by atoms with Gasteiger partial charge in [-0.2, -0.15) is 0 Å². The van der Waals surface area contributed by atoms with Crippen LogP contribution in [0.2, 0.25) is 0 Å². The number of hydrogen-bond donors (Lipinski definition) is 0. The maximum atomic E-state index is 12.3. The highest BCUT2D eigenvalue weighted by Crippen LogP contribution is 2.29. The van der Waals surface area contributed by atoms with Crippen LogP contribution in [0.3, 0.4) is 0 Å². The molecule has 3 rings (SSSR count). The summed E-state index contributed by atoms with van der Waals surface area (Å²) in [5.74, 6) is -0.380. The Morgan fingerprint density at radius 2 is 2.11 bits per heavy atom. The summed E-state index contributed by atoms with van der Waals surface area (Å²) in [7, 11) is 0. The van der Waals surface area contributed by atoms with Gasteiger partial charge in [0.25, 0.3) is 11.8 Å². The van der Waals surface area contributed by atoms with Crippen LogP contribution in [0.15, 0.2) is 18.2 Å². The number of carbonyl (C=O) groups excluding carboxylic acids is 2. The van der Waals surface area contributed by atoms with Gasteiger partial charge in [0.15, 0.2) is 0 Å². The van der Waals surface area contributed by atoms with Crippen LogP contribution in [0, 0.1) is 3.57 Å². The minimum atomic E-state index is -0.193. The first kappa shape index (κ1) is 13.1. The van der Waals surface area contributed by atoms with Crippen LogP contribution in [0.1, 0.15) is 40.5 Å². The van der Waals surface area contributed by atoms with Gasteiger partial charge in [0.05, 0.1) is 29.9 Å². The molecule has 2 atom stereocenters. The van der Waals surface area contributed by atoms with Gasteiger partial charge in [-0.15, -0.1) is 0 Å². The molecule has 0 radical (unpaired) electrons. The molecule has 2 amide bonds. The molecule has 0 saturated carbocycles. The summed E-state index contributed by atoms with van der Waals surface area (Å²) in [5.41, 5.74) is 1.06. The molecule has 5 heteroatoms. The fourth-order valence-electron chi connectivity index (χ4n) is 2.68. The Morgan fingerprint density at radius 3 is 2.74 bits per heavy atom. The molecule has 0 bridgehead atoms. The number of imide groups is 1. The zero-order valence-corrected chi connectivity index (χ0v) is 12.7. The molecule has 0 aromatic heterocycles. The highest BCUT2D eigenvalue weighted by atomic mass is 127. The van der Waals surface area contributed by atoms with E-state index in [1.807, 2.05) is 19.1 Å². The lowest BCUT2D eigenvalue weighted by atomic mass is 10.1. The van der Waals surface area contributed by atoms with Crippen molar-refractivity contribution < 1.29 is 14.3 Å². The van der Waals surface area contributed by atoms with Crippen molar-refractivity contribution in [2.75, 3.05) is 6.54 Å². The molecule has 0 spiro atoms. The molecular formula is C14H14INO3. The third-order valence-corrected chi connectivity index (χ3v) is 4.55. The Morgan fingerprint density at radius 1 is 1.32 bits per heavy atom. The largest absolute Gasteiger partial charge is 0.373 e. The van der Waals surface area contributed by atoms with Gasteiger partial charge in [-0.25, -0.2) is 0 Å². The Labute approximate surface area is 125 Å². The normalized spacial score (nSPS) is 26.1. The third kappa shape index (κ3) is 2.18. The first-order chi connectivity index (χ1) is 9.08. The number of nitrogens with zero attached hydrogens (tertiary/aromatic N) is 1. The minimum Gasteiger partial charge on any atom is -0.373 e. The van der Waals surface area contributed by atoms with E-state index in [9.17, 15) is 9.59 Å². The molecule has 1 aromatic carbocycles. The SMILES string of the molecule is CC1CCC(CN2C(=O)c3cccc(I)c3C2=O)O1. The standard InChI is InChI=1S/C14H14INO3/c1-8-5-6-9(19-8)7-16-13(17)10-3-2-4-11(15)12(10)14(16)18/h2-4,8-9H,5-7H2,1H3. The smallest absolute Gasteiger partial charge is 0.262 e. The number of ether oxygens (including phenoxy) is 1. The predicted molar refractivity (Wildman–Crippen MR) is 78.1 cm³/mol. The summed E-state index contributed by atoms with van der Waals surface area (Å²) in [6.45, 7) is 2.39. The van der Waals surface area contributed by atoms with E-state index in [2.05, 4.69) is 22.6 Å². The van der Waals surface area contributed by atoms with Gasteiger partial charge in [0.2, 0.25) is 0 Å². The van der Waals surface area contributed by atoms with Gasteiger partial charge in [-0.05, 0) is 54.5 Å². The van der Waals surface area contributed by atoms with Gasteiger partial charge in [-0.3, -0.25) is 14.5 Å².